The van der Waals surface area contributed by atoms with E-state index in [1.807, 2.05) is 0 Å². The van der Waals surface area contributed by atoms with Gasteiger partial charge in [-0.05, 0) is 0 Å². The van der Waals surface area contributed by atoms with Crippen LogP contribution in [0.3, 0.4) is 0 Å². The van der Waals surface area contributed by atoms with E-state index in [4.69, 9.17) is 11.1 Å². The third-order valence-corrected chi connectivity index (χ3v) is 0.808. The normalized spacial score (nSPS) is 16.2. The van der Waals surface area contributed by atoms with Gasteiger partial charge in [0, 0.05) is 0 Å². The van der Waals surface area contributed by atoms with Crippen molar-refractivity contribution in [3.05, 3.63) is 0 Å². The zero-order chi connectivity index (χ0) is 5.98. The molecule has 0 amide bonds. The fourth-order valence-electron chi connectivity index (χ4n) is 0.426. The Labute approximate surface area is 46.7 Å². The molecule has 5 nitrogen and oxygen atoms in total. The lowest BCUT2D eigenvalue weighted by atomic mass is 10.9. The lowest BCUT2D eigenvalue weighted by molar-refractivity contribution is 0.465. The van der Waals surface area contributed by atoms with E-state index in [9.17, 15) is 0 Å². The Kier molecular flexibility index (Phi) is 1.03. The van der Waals surface area contributed by atoms with Gasteiger partial charge in [-0.25, -0.2) is 5.01 Å². The first-order chi connectivity index (χ1) is 3.80. The van der Waals surface area contributed by atoms with Gasteiger partial charge >= 0.3 is 0 Å². The standard InChI is InChI=1S/C3H7N5/c4-3(5)8-2-6-1-7-8/h1H,2H2,(H3,4,5)(H,6,7). The SMILES string of the molecule is N=C(N)N1CNC=N1. The first-order valence-corrected chi connectivity index (χ1v) is 2.18. The van der Waals surface area contributed by atoms with Crippen LogP contribution in [0.5, 0.6) is 0 Å². The van der Waals surface area contributed by atoms with Crippen molar-refractivity contribution in [2.45, 2.75) is 0 Å². The molecule has 0 aromatic carbocycles. The fourth-order valence-corrected chi connectivity index (χ4v) is 0.426. The Morgan fingerprint density at radius 1 is 2.00 bits per heavy atom. The van der Waals surface area contributed by atoms with E-state index in [0.717, 1.165) is 0 Å². The van der Waals surface area contributed by atoms with Gasteiger partial charge in [0.15, 0.2) is 0 Å². The van der Waals surface area contributed by atoms with Crippen LogP contribution in [-0.4, -0.2) is 24.0 Å². The quantitative estimate of drug-likeness (QED) is 0.269. The Morgan fingerprint density at radius 3 is 3.00 bits per heavy atom. The van der Waals surface area contributed by atoms with Gasteiger partial charge < -0.3 is 11.1 Å². The monoisotopic (exact) mass is 113 g/mol. The highest BCUT2D eigenvalue weighted by Crippen LogP contribution is 1.86. The summed E-state index contributed by atoms with van der Waals surface area (Å²) in [5, 5.41) is 14.6. The summed E-state index contributed by atoms with van der Waals surface area (Å²) in [5.41, 5.74) is 5.05. The van der Waals surface area contributed by atoms with Crippen LogP contribution >= 0.6 is 0 Å². The number of rotatable bonds is 0. The average Bonchev–Trinajstić information content (AvgIpc) is 2.12. The van der Waals surface area contributed by atoms with Gasteiger partial charge in [0.25, 0.3) is 0 Å². The number of nitrogens with two attached hydrogens (primary N) is 1. The Bertz CT molecular complexity index is 128. The number of hydrogen-bond donors (Lipinski definition) is 3. The maximum absolute atomic E-state index is 6.84. The predicted octanol–water partition coefficient (Wildman–Crippen LogP) is -1.31. The van der Waals surface area contributed by atoms with Gasteiger partial charge in [0.05, 0.1) is 0 Å². The first-order valence-electron chi connectivity index (χ1n) is 2.18. The molecule has 1 rings (SSSR count). The summed E-state index contributed by atoms with van der Waals surface area (Å²) in [7, 11) is 0. The van der Waals surface area contributed by atoms with Crippen molar-refractivity contribution in [2.75, 3.05) is 6.67 Å². The molecule has 44 valence electrons. The molecular formula is C3H7N5. The molecule has 0 unspecified atom stereocenters. The van der Waals surface area contributed by atoms with Crippen LogP contribution in [0.2, 0.25) is 0 Å². The smallest absolute Gasteiger partial charge is 0.211 e. The van der Waals surface area contributed by atoms with Gasteiger partial charge in [-0.3, -0.25) is 5.41 Å². The number of hydrogen-bond acceptors (Lipinski definition) is 3. The predicted molar refractivity (Wildman–Crippen MR) is 30.2 cm³/mol. The molecule has 1 aliphatic rings. The summed E-state index contributed by atoms with van der Waals surface area (Å²) in [6.45, 7) is 0.509. The largest absolute Gasteiger partial charge is 0.368 e. The van der Waals surface area contributed by atoms with Crippen molar-refractivity contribution in [3.63, 3.8) is 0 Å². The van der Waals surface area contributed by atoms with Crippen molar-refractivity contribution >= 4 is 12.3 Å². The minimum absolute atomic E-state index is 0.0359. The molecule has 5 heteroatoms. The van der Waals surface area contributed by atoms with E-state index in [-0.39, 0.29) is 5.96 Å². The third kappa shape index (κ3) is 0.699. The summed E-state index contributed by atoms with van der Waals surface area (Å²) in [6.07, 6.45) is 1.50. The topological polar surface area (TPSA) is 77.5 Å². The minimum atomic E-state index is -0.0359. The van der Waals surface area contributed by atoms with Crippen LogP contribution in [0, 0.1) is 5.41 Å². The summed E-state index contributed by atoms with van der Waals surface area (Å²) < 4.78 is 0. The van der Waals surface area contributed by atoms with Gasteiger partial charge in [-0.15, -0.1) is 0 Å². The zero-order valence-corrected chi connectivity index (χ0v) is 4.26. The number of nitrogens with one attached hydrogen (secondary N) is 2. The molecule has 0 radical (unpaired) electrons. The van der Waals surface area contributed by atoms with E-state index < -0.39 is 0 Å². The fraction of sp³-hybridized carbons (Fsp3) is 0.333. The molecule has 8 heavy (non-hydrogen) atoms. The van der Waals surface area contributed by atoms with Crippen LogP contribution in [0.25, 0.3) is 0 Å². The van der Waals surface area contributed by atoms with Crippen molar-refractivity contribution in [2.24, 2.45) is 10.8 Å². The number of nitrogens with zero attached hydrogens (tertiary/aromatic N) is 2. The molecule has 1 aliphatic heterocycles. The molecule has 0 saturated heterocycles. The molecule has 0 aromatic heterocycles. The Hall–Kier alpha value is -1.26. The van der Waals surface area contributed by atoms with E-state index in [2.05, 4.69) is 10.4 Å². The Morgan fingerprint density at radius 2 is 2.75 bits per heavy atom. The maximum atomic E-state index is 6.84. The molecule has 0 aliphatic carbocycles. The lowest BCUT2D eigenvalue weighted by Crippen LogP contribution is -2.33. The molecule has 4 N–H and O–H groups in total. The third-order valence-electron chi connectivity index (χ3n) is 0.808. The molecule has 1 heterocycles. The zero-order valence-electron chi connectivity index (χ0n) is 4.26. The highest BCUT2D eigenvalue weighted by Gasteiger charge is 2.05. The van der Waals surface area contributed by atoms with E-state index >= 15 is 0 Å². The van der Waals surface area contributed by atoms with Crippen LogP contribution in [0.15, 0.2) is 5.10 Å². The molecule has 0 spiro atoms. The highest BCUT2D eigenvalue weighted by atomic mass is 15.6. The van der Waals surface area contributed by atoms with Crippen LogP contribution in [0.4, 0.5) is 0 Å². The van der Waals surface area contributed by atoms with Gasteiger partial charge in [-0.2, -0.15) is 5.10 Å². The second-order valence-electron chi connectivity index (χ2n) is 1.39. The first kappa shape index (κ1) is 4.89. The second kappa shape index (κ2) is 1.69. The summed E-state index contributed by atoms with van der Waals surface area (Å²) in [4.78, 5) is 0. The molecular weight excluding hydrogens is 106 g/mol. The molecule has 0 aromatic rings. The average molecular weight is 113 g/mol. The summed E-state index contributed by atoms with van der Waals surface area (Å²) in [6, 6.07) is 0. The Balaban J connectivity index is 2.48. The van der Waals surface area contributed by atoms with Crippen LogP contribution < -0.4 is 11.1 Å². The molecule has 0 atom stereocenters. The summed E-state index contributed by atoms with van der Waals surface area (Å²) in [5.74, 6) is -0.0359. The van der Waals surface area contributed by atoms with Crippen LogP contribution in [-0.2, 0) is 0 Å². The lowest BCUT2D eigenvalue weighted by Gasteiger charge is -2.07. The number of hydrazone groups is 1. The van der Waals surface area contributed by atoms with E-state index in [0.29, 0.717) is 6.67 Å². The van der Waals surface area contributed by atoms with Crippen LogP contribution in [0.1, 0.15) is 0 Å². The maximum Gasteiger partial charge on any atom is 0.211 e. The molecule has 0 bridgehead atoms. The van der Waals surface area contributed by atoms with Crippen molar-refractivity contribution in [3.8, 4) is 0 Å². The molecule has 0 fully saturated rings. The van der Waals surface area contributed by atoms with Crippen molar-refractivity contribution in [1.29, 1.82) is 5.41 Å². The minimum Gasteiger partial charge on any atom is -0.368 e. The van der Waals surface area contributed by atoms with E-state index in [1.54, 1.807) is 0 Å². The second-order valence-corrected chi connectivity index (χ2v) is 1.39. The van der Waals surface area contributed by atoms with Gasteiger partial charge in [0.1, 0.15) is 13.0 Å². The van der Waals surface area contributed by atoms with E-state index in [1.165, 1.54) is 11.3 Å². The summed E-state index contributed by atoms with van der Waals surface area (Å²) >= 11 is 0. The van der Waals surface area contributed by atoms with Crippen molar-refractivity contribution in [1.82, 2.24) is 10.3 Å². The van der Waals surface area contributed by atoms with Gasteiger partial charge in [-0.1, -0.05) is 0 Å². The molecule has 0 saturated carbocycles. The van der Waals surface area contributed by atoms with Gasteiger partial charge in [0.2, 0.25) is 5.96 Å². The number of guanidine groups is 1. The van der Waals surface area contributed by atoms with Crippen molar-refractivity contribution < 1.29 is 0 Å². The highest BCUT2D eigenvalue weighted by molar-refractivity contribution is 5.76.